The molecule has 0 aromatic carbocycles. The molecule has 3 fully saturated rings. The molecule has 138 valence electrons. The van der Waals surface area contributed by atoms with Crippen molar-refractivity contribution in [3.8, 4) is 11.3 Å². The number of carbonyl (C=O) groups is 1. The van der Waals surface area contributed by atoms with Gasteiger partial charge in [0.1, 0.15) is 5.69 Å². The molecular formula is C19H25N5O2. The standard InChI is InChI=1S/C19H25N5O2/c1-3-23-10-12(9-20-23)14-7-15(26-22-14)18(25)24-11-13-8-19(2)16(21-13)5-4-6-17(19)24/h7,9-10,13,16-17,21H,3-6,8,11H2,1-2H3/t13-,16-,17+,19-/m0/s1. The van der Waals surface area contributed by atoms with E-state index in [-0.39, 0.29) is 17.4 Å². The molecule has 1 amide bonds. The highest BCUT2D eigenvalue weighted by Crippen LogP contribution is 2.50. The Bertz CT molecular complexity index is 843. The van der Waals surface area contributed by atoms with Crippen molar-refractivity contribution in [1.82, 2.24) is 25.2 Å². The summed E-state index contributed by atoms with van der Waals surface area (Å²) in [7, 11) is 0. The fraction of sp³-hybridized carbons (Fsp3) is 0.632. The summed E-state index contributed by atoms with van der Waals surface area (Å²) >= 11 is 0. The van der Waals surface area contributed by atoms with E-state index in [0.717, 1.165) is 25.1 Å². The quantitative estimate of drug-likeness (QED) is 0.914. The number of hydrogen-bond donors (Lipinski definition) is 1. The third-order valence-corrected chi connectivity index (χ3v) is 6.68. The van der Waals surface area contributed by atoms with Gasteiger partial charge in [0, 0.05) is 54.5 Å². The summed E-state index contributed by atoms with van der Waals surface area (Å²) in [5, 5.41) is 12.1. The fourth-order valence-electron chi connectivity index (χ4n) is 5.37. The lowest BCUT2D eigenvalue weighted by molar-refractivity contribution is 0.0104. The van der Waals surface area contributed by atoms with Crippen molar-refractivity contribution in [2.45, 2.75) is 64.2 Å². The highest BCUT2D eigenvalue weighted by Gasteiger charge is 2.57. The Labute approximate surface area is 152 Å². The maximum atomic E-state index is 13.2. The minimum absolute atomic E-state index is 0.0306. The minimum atomic E-state index is -0.0306. The third-order valence-electron chi connectivity index (χ3n) is 6.68. The lowest BCUT2D eigenvalue weighted by Crippen LogP contribution is -2.57. The van der Waals surface area contributed by atoms with E-state index < -0.39 is 0 Å². The van der Waals surface area contributed by atoms with Crippen LogP contribution in [0.4, 0.5) is 0 Å². The molecule has 3 aliphatic rings. The van der Waals surface area contributed by atoms with Gasteiger partial charge in [0.25, 0.3) is 5.91 Å². The number of nitrogens with one attached hydrogen (secondary N) is 1. The Morgan fingerprint density at radius 1 is 1.46 bits per heavy atom. The van der Waals surface area contributed by atoms with Crippen LogP contribution in [0.3, 0.4) is 0 Å². The van der Waals surface area contributed by atoms with E-state index in [4.69, 9.17) is 4.52 Å². The van der Waals surface area contributed by atoms with Crippen molar-refractivity contribution < 1.29 is 9.32 Å². The minimum Gasteiger partial charge on any atom is -0.350 e. The first-order valence-electron chi connectivity index (χ1n) is 9.65. The second kappa shape index (κ2) is 5.67. The summed E-state index contributed by atoms with van der Waals surface area (Å²) in [5.74, 6) is 0.299. The molecule has 7 heteroatoms. The molecule has 1 saturated carbocycles. The van der Waals surface area contributed by atoms with E-state index >= 15 is 0 Å². The molecule has 5 rings (SSSR count). The SMILES string of the molecule is CCn1cc(-c2cc(C(=O)N3C[C@@H]4C[C@@]5(C)[C@H](CCC[C@@H]35)N4)on2)cn1. The van der Waals surface area contributed by atoms with Crippen LogP contribution < -0.4 is 5.32 Å². The molecule has 2 aromatic heterocycles. The first-order chi connectivity index (χ1) is 12.6. The summed E-state index contributed by atoms with van der Waals surface area (Å²) in [6.45, 7) is 5.94. The van der Waals surface area contributed by atoms with Crippen LogP contribution in [0.1, 0.15) is 50.1 Å². The van der Waals surface area contributed by atoms with Gasteiger partial charge >= 0.3 is 0 Å². The van der Waals surface area contributed by atoms with Crippen molar-refractivity contribution in [3.63, 3.8) is 0 Å². The Balaban J connectivity index is 1.42. The molecular weight excluding hydrogens is 330 g/mol. The molecule has 1 N–H and O–H groups in total. The highest BCUT2D eigenvalue weighted by atomic mass is 16.5. The van der Waals surface area contributed by atoms with Crippen LogP contribution in [0.25, 0.3) is 11.3 Å². The predicted molar refractivity (Wildman–Crippen MR) is 95.5 cm³/mol. The fourth-order valence-corrected chi connectivity index (χ4v) is 5.37. The normalized spacial score (nSPS) is 32.8. The second-order valence-corrected chi connectivity index (χ2v) is 8.19. The number of piperidine rings is 1. The van der Waals surface area contributed by atoms with E-state index in [0.29, 0.717) is 23.5 Å². The maximum absolute atomic E-state index is 13.2. The lowest BCUT2D eigenvalue weighted by atomic mass is 9.66. The average Bonchev–Trinajstić information content (AvgIpc) is 3.35. The Hall–Kier alpha value is -2.15. The van der Waals surface area contributed by atoms with Crippen LogP contribution >= 0.6 is 0 Å². The molecule has 2 saturated heterocycles. The van der Waals surface area contributed by atoms with Crippen molar-refractivity contribution in [1.29, 1.82) is 0 Å². The van der Waals surface area contributed by atoms with Gasteiger partial charge in [-0.05, 0) is 32.6 Å². The molecule has 2 aliphatic heterocycles. The van der Waals surface area contributed by atoms with Crippen LogP contribution in [-0.4, -0.2) is 50.4 Å². The summed E-state index contributed by atoms with van der Waals surface area (Å²) in [5.41, 5.74) is 1.72. The highest BCUT2D eigenvalue weighted by molar-refractivity contribution is 5.93. The van der Waals surface area contributed by atoms with Gasteiger partial charge in [-0.2, -0.15) is 5.10 Å². The smallest absolute Gasteiger partial charge is 0.292 e. The molecule has 4 heterocycles. The number of amides is 1. The monoisotopic (exact) mass is 355 g/mol. The zero-order valence-electron chi connectivity index (χ0n) is 15.3. The largest absolute Gasteiger partial charge is 0.350 e. The van der Waals surface area contributed by atoms with Crippen molar-refractivity contribution >= 4 is 5.91 Å². The maximum Gasteiger partial charge on any atom is 0.292 e. The Kier molecular flexibility index (Phi) is 3.50. The summed E-state index contributed by atoms with van der Waals surface area (Å²) in [6.07, 6.45) is 8.32. The molecule has 0 unspecified atom stereocenters. The summed E-state index contributed by atoms with van der Waals surface area (Å²) < 4.78 is 7.28. The molecule has 7 nitrogen and oxygen atoms in total. The second-order valence-electron chi connectivity index (χ2n) is 8.19. The number of carbonyl (C=O) groups excluding carboxylic acids is 1. The van der Waals surface area contributed by atoms with Crippen LogP contribution in [-0.2, 0) is 6.54 Å². The van der Waals surface area contributed by atoms with Crippen molar-refractivity contribution in [2.75, 3.05) is 6.54 Å². The zero-order valence-corrected chi connectivity index (χ0v) is 15.3. The predicted octanol–water partition coefficient (Wildman–Crippen LogP) is 2.30. The topological polar surface area (TPSA) is 76.2 Å². The van der Waals surface area contributed by atoms with Gasteiger partial charge in [-0.3, -0.25) is 9.48 Å². The molecule has 0 radical (unpaired) electrons. The van der Waals surface area contributed by atoms with Crippen LogP contribution in [0.15, 0.2) is 23.0 Å². The molecule has 0 spiro atoms. The van der Waals surface area contributed by atoms with Crippen LogP contribution in [0.5, 0.6) is 0 Å². The van der Waals surface area contributed by atoms with E-state index in [1.807, 2.05) is 22.7 Å². The van der Waals surface area contributed by atoms with Gasteiger partial charge in [0.2, 0.25) is 5.76 Å². The number of rotatable bonds is 3. The van der Waals surface area contributed by atoms with E-state index in [2.05, 4.69) is 22.5 Å². The number of likely N-dealkylation sites (tertiary alicyclic amines) is 1. The van der Waals surface area contributed by atoms with Gasteiger partial charge in [0.05, 0.1) is 6.20 Å². The number of fused-ring (bicyclic) bond motifs is 1. The summed E-state index contributed by atoms with van der Waals surface area (Å²) in [6, 6.07) is 2.98. The van der Waals surface area contributed by atoms with Gasteiger partial charge < -0.3 is 14.7 Å². The molecule has 26 heavy (non-hydrogen) atoms. The Morgan fingerprint density at radius 2 is 2.35 bits per heavy atom. The number of aryl methyl sites for hydroxylation is 1. The number of hydrogen-bond acceptors (Lipinski definition) is 5. The average molecular weight is 355 g/mol. The van der Waals surface area contributed by atoms with Crippen molar-refractivity contribution in [3.05, 3.63) is 24.2 Å². The lowest BCUT2D eigenvalue weighted by Gasteiger charge is -2.49. The Morgan fingerprint density at radius 3 is 3.15 bits per heavy atom. The van der Waals surface area contributed by atoms with Gasteiger partial charge in [-0.1, -0.05) is 12.1 Å². The number of nitrogens with zero attached hydrogens (tertiary/aromatic N) is 4. The van der Waals surface area contributed by atoms with E-state index in [1.54, 1.807) is 12.3 Å². The van der Waals surface area contributed by atoms with Crippen LogP contribution in [0.2, 0.25) is 0 Å². The van der Waals surface area contributed by atoms with Gasteiger partial charge in [-0.25, -0.2) is 0 Å². The molecule has 4 atom stereocenters. The van der Waals surface area contributed by atoms with Crippen molar-refractivity contribution in [2.24, 2.45) is 5.41 Å². The molecule has 2 bridgehead atoms. The van der Waals surface area contributed by atoms with Gasteiger partial charge in [-0.15, -0.1) is 0 Å². The van der Waals surface area contributed by atoms with Crippen LogP contribution in [0, 0.1) is 5.41 Å². The zero-order chi connectivity index (χ0) is 17.9. The first-order valence-corrected chi connectivity index (χ1v) is 9.65. The summed E-state index contributed by atoms with van der Waals surface area (Å²) in [4.78, 5) is 15.3. The molecule has 1 aliphatic carbocycles. The van der Waals surface area contributed by atoms with E-state index in [9.17, 15) is 4.79 Å². The van der Waals surface area contributed by atoms with E-state index in [1.165, 1.54) is 19.3 Å². The third kappa shape index (κ3) is 2.26. The first kappa shape index (κ1) is 16.1. The number of aromatic nitrogens is 3. The molecule has 2 aromatic rings. The van der Waals surface area contributed by atoms with Gasteiger partial charge in [0.15, 0.2) is 0 Å².